The van der Waals surface area contributed by atoms with E-state index in [0.717, 1.165) is 11.1 Å². The van der Waals surface area contributed by atoms with Crippen molar-refractivity contribution in [1.29, 1.82) is 0 Å². The summed E-state index contributed by atoms with van der Waals surface area (Å²) >= 11 is 0. The van der Waals surface area contributed by atoms with Gasteiger partial charge in [-0.05, 0) is 13.8 Å². The van der Waals surface area contributed by atoms with Crippen LogP contribution in [0.25, 0.3) is 0 Å². The van der Waals surface area contributed by atoms with E-state index in [9.17, 15) is 5.11 Å². The molecular formula is C10H16ORfRh-2. The molecule has 1 radical (unpaired) electrons. The van der Waals surface area contributed by atoms with Crippen molar-refractivity contribution in [2.24, 2.45) is 0 Å². The monoisotopic (exact) mass is 522 g/mol. The Morgan fingerprint density at radius 3 is 1.69 bits per heavy atom. The first-order valence-electron chi connectivity index (χ1n) is 3.72. The molecule has 0 aliphatic rings. The van der Waals surface area contributed by atoms with Crippen molar-refractivity contribution in [2.45, 2.75) is 40.2 Å². The van der Waals surface area contributed by atoms with Crippen molar-refractivity contribution in [3.05, 3.63) is 23.3 Å². The summed E-state index contributed by atoms with van der Waals surface area (Å²) in [7, 11) is 0. The molecule has 0 saturated carbocycles. The Kier molecular flexibility index (Phi) is 9.08. The third-order valence-corrected chi connectivity index (χ3v) is 1.24. The fraction of sp³-hybridized carbons (Fsp3) is 0.600. The second-order valence-corrected chi connectivity index (χ2v) is 3.31. The summed E-state index contributed by atoms with van der Waals surface area (Å²) in [4.78, 5) is 0. The zero-order valence-corrected chi connectivity index (χ0v) is 17.0. The number of rotatable bonds is 2. The molecule has 0 aromatic heterocycles. The molecule has 0 fully saturated rings. The van der Waals surface area contributed by atoms with Gasteiger partial charge >= 0.3 is 0 Å². The topological polar surface area (TPSA) is 20.2 Å². The molecule has 1 N–H and O–H groups in total. The van der Waals surface area contributed by atoms with Gasteiger partial charge in [0.25, 0.3) is 0 Å². The van der Waals surface area contributed by atoms with Crippen LogP contribution in [-0.2, 0) is 19.5 Å². The van der Waals surface area contributed by atoms with Crippen LogP contribution in [0.4, 0.5) is 0 Å². The van der Waals surface area contributed by atoms with Crippen LogP contribution in [0, 0.1) is 12.2 Å². The third-order valence-electron chi connectivity index (χ3n) is 1.24. The van der Waals surface area contributed by atoms with Crippen LogP contribution in [0.3, 0.4) is 0 Å². The number of allylic oxidation sites excluding steroid dienone is 2. The van der Waals surface area contributed by atoms with E-state index < -0.39 is 5.60 Å². The van der Waals surface area contributed by atoms with E-state index in [1.807, 2.05) is 13.8 Å². The fourth-order valence-corrected chi connectivity index (χ4v) is 0.771. The third kappa shape index (κ3) is 7.42. The van der Waals surface area contributed by atoms with Gasteiger partial charge in [0.15, 0.2) is 0 Å². The predicted molar refractivity (Wildman–Crippen MR) is 46.8 cm³/mol. The summed E-state index contributed by atoms with van der Waals surface area (Å²) in [5.74, 6) is 0. The molecule has 75 valence electrons. The van der Waals surface area contributed by atoms with Crippen LogP contribution in [0.15, 0.2) is 11.1 Å². The summed E-state index contributed by atoms with van der Waals surface area (Å²) in [6.45, 7) is 9.14. The smallest absolute Gasteiger partial charge is 0.0219 e. The van der Waals surface area contributed by atoms with E-state index in [1.54, 1.807) is 20.8 Å². The van der Waals surface area contributed by atoms with Crippen molar-refractivity contribution in [1.82, 2.24) is 0 Å². The first-order chi connectivity index (χ1) is 4.88. The average Bonchev–Trinajstić information content (AvgIpc) is 1.79. The van der Waals surface area contributed by atoms with Gasteiger partial charge in [-0.3, -0.25) is 5.57 Å². The van der Waals surface area contributed by atoms with Crippen molar-refractivity contribution >= 4 is 0 Å². The van der Waals surface area contributed by atoms with Gasteiger partial charge in [-0.15, -0.1) is 0 Å². The van der Waals surface area contributed by atoms with E-state index in [-0.39, 0.29) is 19.5 Å². The standard InChI is InChI=1S/C10H16O.Rf.Rh/c1-6-9(7-8(2)3)10(4,5)11;;/h11H,1-5H3;;/q-2;;. The molecule has 0 aromatic carbocycles. The molecule has 0 aliphatic heterocycles. The molecule has 0 saturated heterocycles. The van der Waals surface area contributed by atoms with Gasteiger partial charge in [-0.2, -0.15) is 0 Å². The van der Waals surface area contributed by atoms with Gasteiger partial charge < -0.3 is 22.8 Å². The molecule has 3 heteroatoms. The zero-order chi connectivity index (χ0) is 9.07. The number of hydrogen-bond acceptors (Lipinski definition) is 1. The first-order valence-corrected chi connectivity index (χ1v) is 3.72. The molecule has 0 atom stereocenters. The minimum Gasteiger partial charge on any atom is -0.530 e. The molecule has 0 rings (SSSR count). The number of hydrogen-bond donors (Lipinski definition) is 1. The summed E-state index contributed by atoms with van der Waals surface area (Å²) < 4.78 is 0. The fourth-order valence-electron chi connectivity index (χ4n) is 0.771. The Hall–Kier alpha value is -0.937. The summed E-state index contributed by atoms with van der Waals surface area (Å²) in [5.41, 5.74) is 0.945. The Morgan fingerprint density at radius 2 is 1.62 bits per heavy atom. The van der Waals surface area contributed by atoms with E-state index in [2.05, 4.69) is 12.2 Å². The van der Waals surface area contributed by atoms with Crippen molar-refractivity contribution in [2.75, 3.05) is 0 Å². The Labute approximate surface area is 88.3 Å². The first kappa shape index (κ1) is 18.0. The Bertz CT molecular complexity index is 186. The molecule has 0 bridgehead atoms. The minimum atomic E-state index is -0.827. The van der Waals surface area contributed by atoms with Crippen LogP contribution < -0.4 is 0 Å². The van der Waals surface area contributed by atoms with Crippen molar-refractivity contribution < 1.29 is 24.6 Å². The molecule has 0 unspecified atom stereocenters. The molecule has 1 nitrogen and oxygen atoms in total. The molecule has 0 aliphatic carbocycles. The quantitative estimate of drug-likeness (QED) is 0.336. The summed E-state index contributed by atoms with van der Waals surface area (Å²) in [6.07, 6.45) is 5.95. The number of aliphatic hydroxyl groups is 1. The van der Waals surface area contributed by atoms with E-state index in [1.165, 1.54) is 0 Å². The zero-order valence-electron chi connectivity index (χ0n) is 8.99. The average molecular weight is 522 g/mol. The van der Waals surface area contributed by atoms with Crippen molar-refractivity contribution in [3.63, 3.8) is 0 Å². The van der Waals surface area contributed by atoms with Gasteiger partial charge in [0.1, 0.15) is 0 Å². The minimum absolute atomic E-state index is 0. The second-order valence-electron chi connectivity index (χ2n) is 3.31. The van der Waals surface area contributed by atoms with E-state index in [4.69, 9.17) is 0 Å². The maximum atomic E-state index is 9.55. The van der Waals surface area contributed by atoms with Crippen LogP contribution in [0.1, 0.15) is 34.6 Å². The molecule has 13 heavy (non-hydrogen) atoms. The molecular weight excluding hydrogens is 506 g/mol. The summed E-state index contributed by atoms with van der Waals surface area (Å²) in [5, 5.41) is 9.55. The van der Waals surface area contributed by atoms with Crippen molar-refractivity contribution in [3.8, 4) is 0 Å². The SMILES string of the molecule is C[C-]=C([C-]=C(C)C)C(C)(C)O.[Rf].[Rh]. The van der Waals surface area contributed by atoms with Gasteiger partial charge in [0, 0.05) is 25.1 Å². The van der Waals surface area contributed by atoms with Crippen LogP contribution in [0.2, 0.25) is 0 Å². The van der Waals surface area contributed by atoms with Gasteiger partial charge in [-0.1, -0.05) is 13.8 Å². The Morgan fingerprint density at radius 1 is 1.23 bits per heavy atom. The second kappa shape index (κ2) is 6.57. The summed E-state index contributed by atoms with van der Waals surface area (Å²) in [6, 6.07) is 0. The molecule has 0 heterocycles. The van der Waals surface area contributed by atoms with Gasteiger partial charge in [0.05, 0.1) is 0 Å². The van der Waals surface area contributed by atoms with Crippen LogP contribution >= 0.6 is 0 Å². The van der Waals surface area contributed by atoms with E-state index >= 15 is 0 Å². The predicted octanol–water partition coefficient (Wildman–Crippen LogP) is 2.27. The maximum Gasteiger partial charge on any atom is 0.0219 e. The molecule has 0 spiro atoms. The van der Waals surface area contributed by atoms with Gasteiger partial charge in [0.2, 0.25) is 0 Å². The normalized spacial score (nSPS) is 11.1. The molecule has 0 amide bonds. The Balaban J connectivity index is -0.000000500. The van der Waals surface area contributed by atoms with Gasteiger partial charge in [-0.25, -0.2) is 6.92 Å². The maximum absolute atomic E-state index is 9.55. The molecule has 0 aromatic rings. The van der Waals surface area contributed by atoms with Crippen LogP contribution in [0.5, 0.6) is 0 Å². The van der Waals surface area contributed by atoms with E-state index in [0.29, 0.717) is 0 Å². The largest absolute Gasteiger partial charge is 0.530 e. The van der Waals surface area contributed by atoms with Crippen LogP contribution in [-0.4, -0.2) is 10.7 Å².